The molecule has 110 valence electrons. The van der Waals surface area contributed by atoms with Gasteiger partial charge in [0.25, 0.3) is 0 Å². The summed E-state index contributed by atoms with van der Waals surface area (Å²) in [6.45, 7) is 5.66. The third-order valence-electron chi connectivity index (χ3n) is 4.62. The normalized spacial score (nSPS) is 27.7. The van der Waals surface area contributed by atoms with Gasteiger partial charge in [0.2, 0.25) is 0 Å². The van der Waals surface area contributed by atoms with E-state index in [1.165, 1.54) is 37.8 Å². The molecule has 3 rings (SSSR count). The summed E-state index contributed by atoms with van der Waals surface area (Å²) in [5.41, 5.74) is 1.35. The lowest BCUT2D eigenvalue weighted by Crippen LogP contribution is -2.56. The van der Waals surface area contributed by atoms with Gasteiger partial charge >= 0.3 is 0 Å². The Kier molecular flexibility index (Phi) is 4.65. The highest BCUT2D eigenvalue weighted by Crippen LogP contribution is 2.37. The summed E-state index contributed by atoms with van der Waals surface area (Å²) in [7, 11) is 0. The van der Waals surface area contributed by atoms with Crippen molar-refractivity contribution in [2.24, 2.45) is 5.92 Å². The highest BCUT2D eigenvalue weighted by molar-refractivity contribution is 6.30. The fourth-order valence-electron chi connectivity index (χ4n) is 3.44. The fraction of sp³-hybridized carbons (Fsp3) is 0.647. The molecule has 1 heterocycles. The van der Waals surface area contributed by atoms with Crippen LogP contribution in [0, 0.1) is 5.92 Å². The van der Waals surface area contributed by atoms with Crippen LogP contribution in [0.2, 0.25) is 5.02 Å². The number of benzene rings is 1. The molecule has 2 aliphatic rings. The maximum absolute atomic E-state index is 6.12. The molecule has 1 aromatic carbocycles. The second-order valence-corrected chi connectivity index (χ2v) is 6.79. The fourth-order valence-corrected chi connectivity index (χ4v) is 3.65. The molecular weight excluding hydrogens is 268 g/mol. The van der Waals surface area contributed by atoms with Gasteiger partial charge in [-0.3, -0.25) is 4.90 Å². The van der Waals surface area contributed by atoms with Gasteiger partial charge in [-0.25, -0.2) is 0 Å². The SMILES string of the molecule is CCCC1CN(Cc2cccc(Cl)c2)C(C2CC2)CN1. The monoisotopic (exact) mass is 292 g/mol. The van der Waals surface area contributed by atoms with E-state index in [4.69, 9.17) is 11.6 Å². The van der Waals surface area contributed by atoms with Gasteiger partial charge in [0.15, 0.2) is 0 Å². The molecule has 2 unspecified atom stereocenters. The van der Waals surface area contributed by atoms with Crippen LogP contribution in [0.15, 0.2) is 24.3 Å². The van der Waals surface area contributed by atoms with Crippen molar-refractivity contribution in [1.82, 2.24) is 10.2 Å². The number of nitrogens with one attached hydrogen (secondary N) is 1. The second-order valence-electron chi connectivity index (χ2n) is 6.36. The smallest absolute Gasteiger partial charge is 0.0409 e. The minimum atomic E-state index is 0.661. The summed E-state index contributed by atoms with van der Waals surface area (Å²) in [5, 5.41) is 4.60. The van der Waals surface area contributed by atoms with Gasteiger partial charge in [0.1, 0.15) is 0 Å². The van der Waals surface area contributed by atoms with Gasteiger partial charge in [0.05, 0.1) is 0 Å². The number of nitrogens with zero attached hydrogens (tertiary/aromatic N) is 1. The third kappa shape index (κ3) is 3.55. The predicted molar refractivity (Wildman–Crippen MR) is 85.1 cm³/mol. The molecular formula is C17H25ClN2. The molecule has 1 saturated heterocycles. The Morgan fingerprint density at radius 1 is 1.35 bits per heavy atom. The minimum Gasteiger partial charge on any atom is -0.311 e. The first-order valence-electron chi connectivity index (χ1n) is 7.98. The highest BCUT2D eigenvalue weighted by atomic mass is 35.5. The topological polar surface area (TPSA) is 15.3 Å². The van der Waals surface area contributed by atoms with Crippen LogP contribution in [0.25, 0.3) is 0 Å². The quantitative estimate of drug-likeness (QED) is 0.890. The minimum absolute atomic E-state index is 0.661. The summed E-state index contributed by atoms with van der Waals surface area (Å²) >= 11 is 6.12. The maximum atomic E-state index is 6.12. The summed E-state index contributed by atoms with van der Waals surface area (Å²) in [5.74, 6) is 0.921. The van der Waals surface area contributed by atoms with E-state index >= 15 is 0 Å². The standard InChI is InChI=1S/C17H25ClN2/c1-2-4-16-12-20(17(10-19-16)14-7-8-14)11-13-5-3-6-15(18)9-13/h3,5-6,9,14,16-17,19H,2,4,7-8,10-12H2,1H3. The Labute approximate surface area is 127 Å². The molecule has 1 N–H and O–H groups in total. The molecule has 0 radical (unpaired) electrons. The van der Waals surface area contributed by atoms with E-state index in [0.29, 0.717) is 6.04 Å². The summed E-state index contributed by atoms with van der Waals surface area (Å²) in [6.07, 6.45) is 5.37. The molecule has 2 fully saturated rings. The Hall–Kier alpha value is -0.570. The first kappa shape index (κ1) is 14.4. The van der Waals surface area contributed by atoms with Crippen LogP contribution >= 0.6 is 11.6 Å². The lowest BCUT2D eigenvalue weighted by Gasteiger charge is -2.41. The van der Waals surface area contributed by atoms with Crippen molar-refractivity contribution in [1.29, 1.82) is 0 Å². The molecule has 0 amide bonds. The van der Waals surface area contributed by atoms with E-state index in [1.807, 2.05) is 6.07 Å². The van der Waals surface area contributed by atoms with Gasteiger partial charge in [-0.05, 0) is 42.9 Å². The zero-order valence-electron chi connectivity index (χ0n) is 12.3. The molecule has 0 bridgehead atoms. The molecule has 2 atom stereocenters. The molecule has 20 heavy (non-hydrogen) atoms. The number of rotatable bonds is 5. The van der Waals surface area contributed by atoms with Crippen LogP contribution < -0.4 is 5.32 Å². The van der Waals surface area contributed by atoms with Crippen LogP contribution in [-0.2, 0) is 6.54 Å². The van der Waals surface area contributed by atoms with Crippen molar-refractivity contribution < 1.29 is 0 Å². The summed E-state index contributed by atoms with van der Waals surface area (Å²) < 4.78 is 0. The molecule has 0 aromatic heterocycles. The lowest BCUT2D eigenvalue weighted by atomic mass is 10.0. The van der Waals surface area contributed by atoms with Crippen molar-refractivity contribution in [2.75, 3.05) is 13.1 Å². The van der Waals surface area contributed by atoms with Crippen molar-refractivity contribution in [3.05, 3.63) is 34.9 Å². The highest BCUT2D eigenvalue weighted by Gasteiger charge is 2.38. The Balaban J connectivity index is 1.68. The van der Waals surface area contributed by atoms with Gasteiger partial charge in [0, 0.05) is 36.7 Å². The molecule has 1 aliphatic carbocycles. The molecule has 0 spiro atoms. The molecule has 1 saturated carbocycles. The van der Waals surface area contributed by atoms with Gasteiger partial charge in [-0.1, -0.05) is 37.1 Å². The first-order chi connectivity index (χ1) is 9.76. The second kappa shape index (κ2) is 6.46. The van der Waals surface area contributed by atoms with Gasteiger partial charge < -0.3 is 5.32 Å². The largest absolute Gasteiger partial charge is 0.311 e. The molecule has 1 aromatic rings. The average molecular weight is 293 g/mol. The van der Waals surface area contributed by atoms with E-state index in [-0.39, 0.29) is 0 Å². The average Bonchev–Trinajstić information content (AvgIpc) is 3.24. The van der Waals surface area contributed by atoms with E-state index in [2.05, 4.69) is 35.3 Å². The van der Waals surface area contributed by atoms with E-state index in [0.717, 1.165) is 30.1 Å². The van der Waals surface area contributed by atoms with Crippen LogP contribution in [0.3, 0.4) is 0 Å². The molecule has 1 aliphatic heterocycles. The summed E-state index contributed by atoms with van der Waals surface area (Å²) in [4.78, 5) is 2.69. The van der Waals surface area contributed by atoms with Crippen LogP contribution in [0.1, 0.15) is 38.2 Å². The number of piperazine rings is 1. The van der Waals surface area contributed by atoms with Crippen molar-refractivity contribution in [3.8, 4) is 0 Å². The van der Waals surface area contributed by atoms with Gasteiger partial charge in [-0.15, -0.1) is 0 Å². The van der Waals surface area contributed by atoms with Crippen molar-refractivity contribution >= 4 is 11.6 Å². The van der Waals surface area contributed by atoms with Crippen LogP contribution in [0.4, 0.5) is 0 Å². The van der Waals surface area contributed by atoms with Crippen LogP contribution in [0.5, 0.6) is 0 Å². The van der Waals surface area contributed by atoms with Gasteiger partial charge in [-0.2, -0.15) is 0 Å². The Morgan fingerprint density at radius 2 is 2.20 bits per heavy atom. The zero-order chi connectivity index (χ0) is 13.9. The maximum Gasteiger partial charge on any atom is 0.0409 e. The Bertz CT molecular complexity index is 444. The number of halogens is 1. The van der Waals surface area contributed by atoms with E-state index in [9.17, 15) is 0 Å². The third-order valence-corrected chi connectivity index (χ3v) is 4.85. The number of hydrogen-bond acceptors (Lipinski definition) is 2. The summed E-state index contributed by atoms with van der Waals surface area (Å²) in [6, 6.07) is 9.72. The van der Waals surface area contributed by atoms with Crippen molar-refractivity contribution in [3.63, 3.8) is 0 Å². The van der Waals surface area contributed by atoms with Crippen LogP contribution in [-0.4, -0.2) is 30.1 Å². The zero-order valence-corrected chi connectivity index (χ0v) is 13.1. The predicted octanol–water partition coefficient (Wildman–Crippen LogP) is 3.69. The van der Waals surface area contributed by atoms with Crippen molar-refractivity contribution in [2.45, 2.75) is 51.2 Å². The number of hydrogen-bond donors (Lipinski definition) is 1. The Morgan fingerprint density at radius 3 is 2.90 bits per heavy atom. The van der Waals surface area contributed by atoms with E-state index in [1.54, 1.807) is 0 Å². The molecule has 3 heteroatoms. The van der Waals surface area contributed by atoms with E-state index < -0.39 is 0 Å². The first-order valence-corrected chi connectivity index (χ1v) is 8.36. The molecule has 2 nitrogen and oxygen atoms in total. The lowest BCUT2D eigenvalue weighted by molar-refractivity contribution is 0.104.